The van der Waals surface area contributed by atoms with E-state index in [4.69, 9.17) is 5.21 Å². The van der Waals surface area contributed by atoms with Crippen molar-refractivity contribution >= 4 is 15.5 Å². The minimum atomic E-state index is -3.11. The van der Waals surface area contributed by atoms with Crippen LogP contribution in [0.15, 0.2) is 5.16 Å². The molecule has 0 bridgehead atoms. The normalized spacial score (nSPS) is 30.3. The summed E-state index contributed by atoms with van der Waals surface area (Å²) in [4.78, 5) is 0. The Balaban J connectivity index is 3.16. The van der Waals surface area contributed by atoms with Gasteiger partial charge in [-0.25, -0.2) is 8.42 Å². The average molecular weight is 191 g/mol. The van der Waals surface area contributed by atoms with E-state index in [9.17, 15) is 8.42 Å². The predicted molar refractivity (Wildman–Crippen MR) is 46.3 cm³/mol. The van der Waals surface area contributed by atoms with Crippen molar-refractivity contribution in [3.05, 3.63) is 0 Å². The van der Waals surface area contributed by atoms with Gasteiger partial charge in [0.1, 0.15) is 4.75 Å². The molecule has 0 unspecified atom stereocenters. The molecular weight excluding hydrogens is 178 g/mol. The smallest absolute Gasteiger partial charge is 0.160 e. The summed E-state index contributed by atoms with van der Waals surface area (Å²) in [6.45, 7) is 3.16. The van der Waals surface area contributed by atoms with E-state index in [1.807, 2.05) is 0 Å². The molecule has 70 valence electrons. The molecule has 1 saturated heterocycles. The number of hydrogen-bond acceptors (Lipinski definition) is 4. The largest absolute Gasteiger partial charge is 0.411 e. The molecule has 1 fully saturated rings. The highest BCUT2D eigenvalue weighted by atomic mass is 32.2. The minimum absolute atomic E-state index is 0.193. The lowest BCUT2D eigenvalue weighted by molar-refractivity contribution is 0.314. The summed E-state index contributed by atoms with van der Waals surface area (Å²) >= 11 is 0. The Hall–Kier alpha value is -0.580. The zero-order chi connectivity index (χ0) is 9.41. The van der Waals surface area contributed by atoms with E-state index < -0.39 is 14.6 Å². The second-order valence-corrected chi connectivity index (χ2v) is 6.14. The van der Waals surface area contributed by atoms with E-state index in [0.29, 0.717) is 18.6 Å². The third kappa shape index (κ3) is 1.22. The van der Waals surface area contributed by atoms with Gasteiger partial charge < -0.3 is 5.21 Å². The molecule has 12 heavy (non-hydrogen) atoms. The van der Waals surface area contributed by atoms with Crippen LogP contribution in [0, 0.1) is 0 Å². The van der Waals surface area contributed by atoms with Gasteiger partial charge >= 0.3 is 0 Å². The van der Waals surface area contributed by atoms with Gasteiger partial charge in [0.05, 0.1) is 11.5 Å². The highest BCUT2D eigenvalue weighted by Gasteiger charge is 2.42. The number of rotatable bonds is 0. The molecule has 0 saturated carbocycles. The molecule has 0 amide bonds. The van der Waals surface area contributed by atoms with Gasteiger partial charge in [-0.15, -0.1) is 0 Å². The van der Waals surface area contributed by atoms with E-state index in [1.54, 1.807) is 13.8 Å². The van der Waals surface area contributed by atoms with Crippen molar-refractivity contribution in [1.29, 1.82) is 0 Å². The lowest BCUT2D eigenvalue weighted by Crippen LogP contribution is -2.45. The van der Waals surface area contributed by atoms with Gasteiger partial charge in [0.15, 0.2) is 9.84 Å². The molecule has 1 aliphatic heterocycles. The molecule has 0 spiro atoms. The summed E-state index contributed by atoms with van der Waals surface area (Å²) in [5.41, 5.74) is 0.369. The first-order valence-corrected chi connectivity index (χ1v) is 5.51. The third-order valence-corrected chi connectivity index (χ3v) is 5.04. The molecule has 0 aromatic heterocycles. The van der Waals surface area contributed by atoms with Gasteiger partial charge in [0.25, 0.3) is 0 Å². The van der Waals surface area contributed by atoms with Crippen LogP contribution in [0.4, 0.5) is 0 Å². The summed E-state index contributed by atoms with van der Waals surface area (Å²) in [6.07, 6.45) is 1.13. The number of hydrogen-bond donors (Lipinski definition) is 1. The SMILES string of the molecule is CC1(C)C(=NO)CCCS1(=O)=O. The molecule has 1 N–H and O–H groups in total. The van der Waals surface area contributed by atoms with Gasteiger partial charge in [0, 0.05) is 0 Å². The summed E-state index contributed by atoms with van der Waals surface area (Å²) in [5, 5.41) is 11.6. The van der Waals surface area contributed by atoms with Crippen molar-refractivity contribution in [3.8, 4) is 0 Å². The highest BCUT2D eigenvalue weighted by molar-refractivity contribution is 7.93. The van der Waals surface area contributed by atoms with Crippen LogP contribution < -0.4 is 0 Å². The van der Waals surface area contributed by atoms with Crippen molar-refractivity contribution in [2.45, 2.75) is 31.4 Å². The second kappa shape index (κ2) is 2.73. The van der Waals surface area contributed by atoms with Crippen molar-refractivity contribution in [3.63, 3.8) is 0 Å². The Morgan fingerprint density at radius 3 is 2.50 bits per heavy atom. The molecule has 1 rings (SSSR count). The monoisotopic (exact) mass is 191 g/mol. The van der Waals surface area contributed by atoms with E-state index >= 15 is 0 Å². The lowest BCUT2D eigenvalue weighted by Gasteiger charge is -2.29. The fraction of sp³-hybridized carbons (Fsp3) is 0.857. The van der Waals surface area contributed by atoms with Crippen LogP contribution in [0.2, 0.25) is 0 Å². The van der Waals surface area contributed by atoms with Crippen molar-refractivity contribution in [2.75, 3.05) is 5.75 Å². The van der Waals surface area contributed by atoms with Gasteiger partial charge in [-0.2, -0.15) is 0 Å². The highest BCUT2D eigenvalue weighted by Crippen LogP contribution is 2.27. The first kappa shape index (κ1) is 9.51. The molecule has 0 atom stereocenters. The Kier molecular flexibility index (Phi) is 2.16. The molecule has 5 heteroatoms. The zero-order valence-electron chi connectivity index (χ0n) is 7.24. The molecule has 1 aliphatic rings. The maximum absolute atomic E-state index is 11.5. The van der Waals surface area contributed by atoms with Gasteiger partial charge in [0.2, 0.25) is 0 Å². The van der Waals surface area contributed by atoms with Crippen molar-refractivity contribution in [1.82, 2.24) is 0 Å². The molecule has 4 nitrogen and oxygen atoms in total. The topological polar surface area (TPSA) is 66.7 Å². The summed E-state index contributed by atoms with van der Waals surface area (Å²) < 4.78 is 22.0. The summed E-state index contributed by atoms with van der Waals surface area (Å²) in [5.74, 6) is 0.193. The molecule has 0 aliphatic carbocycles. The Morgan fingerprint density at radius 2 is 2.08 bits per heavy atom. The van der Waals surface area contributed by atoms with E-state index in [0.717, 1.165) is 0 Å². The van der Waals surface area contributed by atoms with Crippen LogP contribution in [-0.2, 0) is 9.84 Å². The Morgan fingerprint density at radius 1 is 1.50 bits per heavy atom. The molecule has 0 radical (unpaired) electrons. The summed E-state index contributed by atoms with van der Waals surface area (Å²) in [7, 11) is -3.11. The third-order valence-electron chi connectivity index (χ3n) is 2.42. The van der Waals surface area contributed by atoms with Gasteiger partial charge in [-0.1, -0.05) is 5.16 Å². The van der Waals surface area contributed by atoms with Crippen LogP contribution in [0.1, 0.15) is 26.7 Å². The van der Waals surface area contributed by atoms with Crippen LogP contribution in [0.25, 0.3) is 0 Å². The Bertz CT molecular complexity index is 303. The van der Waals surface area contributed by atoms with Crippen molar-refractivity contribution in [2.24, 2.45) is 5.16 Å². The fourth-order valence-corrected chi connectivity index (χ4v) is 2.87. The second-order valence-electron chi connectivity index (χ2n) is 3.48. The van der Waals surface area contributed by atoms with Crippen LogP contribution >= 0.6 is 0 Å². The molecule has 0 aromatic carbocycles. The quantitative estimate of drug-likeness (QED) is 0.455. The Labute approximate surface area is 72.2 Å². The van der Waals surface area contributed by atoms with Crippen LogP contribution in [0.5, 0.6) is 0 Å². The first-order chi connectivity index (χ1) is 5.42. The van der Waals surface area contributed by atoms with E-state index in [1.165, 1.54) is 0 Å². The first-order valence-electron chi connectivity index (χ1n) is 3.85. The van der Waals surface area contributed by atoms with Crippen LogP contribution in [0.3, 0.4) is 0 Å². The van der Waals surface area contributed by atoms with Gasteiger partial charge in [-0.3, -0.25) is 0 Å². The maximum atomic E-state index is 11.5. The van der Waals surface area contributed by atoms with E-state index in [2.05, 4.69) is 5.16 Å². The predicted octanol–water partition coefficient (Wildman–Crippen LogP) is 0.804. The van der Waals surface area contributed by atoms with Crippen molar-refractivity contribution < 1.29 is 13.6 Å². The average Bonchev–Trinajstić information content (AvgIpc) is 1.95. The van der Waals surface area contributed by atoms with Crippen LogP contribution in [-0.4, -0.2) is 29.8 Å². The molecule has 1 heterocycles. The lowest BCUT2D eigenvalue weighted by atomic mass is 10.0. The summed E-state index contributed by atoms with van der Waals surface area (Å²) in [6, 6.07) is 0. The number of oxime groups is 1. The maximum Gasteiger partial charge on any atom is 0.160 e. The zero-order valence-corrected chi connectivity index (χ0v) is 8.06. The molecular formula is C7H13NO3S. The fourth-order valence-electron chi connectivity index (χ4n) is 1.34. The number of sulfone groups is 1. The number of nitrogens with zero attached hydrogens (tertiary/aromatic N) is 1. The minimum Gasteiger partial charge on any atom is -0.411 e. The van der Waals surface area contributed by atoms with E-state index in [-0.39, 0.29) is 5.75 Å². The standard InChI is InChI=1S/C7H13NO3S/c1-7(2)6(8-9)4-3-5-12(7,10)11/h9H,3-5H2,1-2H3. The van der Waals surface area contributed by atoms with Gasteiger partial charge in [-0.05, 0) is 26.7 Å². The molecule has 0 aromatic rings.